The second-order valence-corrected chi connectivity index (χ2v) is 7.53. The summed E-state index contributed by atoms with van der Waals surface area (Å²) < 4.78 is 0. The van der Waals surface area contributed by atoms with Crippen molar-refractivity contribution in [2.24, 2.45) is 10.3 Å². The van der Waals surface area contributed by atoms with Crippen molar-refractivity contribution in [3.05, 3.63) is 58.7 Å². The van der Waals surface area contributed by atoms with Crippen LogP contribution in [0.2, 0.25) is 0 Å². The van der Waals surface area contributed by atoms with Gasteiger partial charge in [-0.05, 0) is 79.6 Å². The van der Waals surface area contributed by atoms with E-state index in [1.165, 1.54) is 21.6 Å². The average Bonchev–Trinajstić information content (AvgIpc) is 3.34. The standard InChI is InChI=1S/C21H20N4O2/c1-12-6-8-17(10-13(12)2)25-19-18(22-23-25)20(26)24(21(19)27)16-9-7-14-4-3-5-15(14)11-16/h6-11,18-19H,3-5H2,1-2H3/t18-,19-/m1/s1. The molecule has 2 aromatic carbocycles. The topological polar surface area (TPSA) is 65.3 Å². The number of carbonyl (C=O) groups excluding carboxylic acids is 2. The van der Waals surface area contributed by atoms with Gasteiger partial charge in [0.1, 0.15) is 0 Å². The molecule has 2 aromatic rings. The number of rotatable bonds is 2. The molecule has 2 heterocycles. The van der Waals surface area contributed by atoms with E-state index in [2.05, 4.69) is 10.3 Å². The summed E-state index contributed by atoms with van der Waals surface area (Å²) >= 11 is 0. The Bertz CT molecular complexity index is 1010. The summed E-state index contributed by atoms with van der Waals surface area (Å²) in [6.07, 6.45) is 3.19. The zero-order chi connectivity index (χ0) is 18.7. The van der Waals surface area contributed by atoms with Crippen molar-refractivity contribution >= 4 is 23.2 Å². The minimum atomic E-state index is -0.771. The van der Waals surface area contributed by atoms with E-state index in [4.69, 9.17) is 0 Å². The van der Waals surface area contributed by atoms with E-state index in [-0.39, 0.29) is 11.8 Å². The van der Waals surface area contributed by atoms with Gasteiger partial charge in [0.05, 0.1) is 11.4 Å². The van der Waals surface area contributed by atoms with E-state index in [9.17, 15) is 9.59 Å². The SMILES string of the molecule is Cc1ccc(N2N=N[C@H]3C(=O)N(c4ccc5c(c4)CCC5)C(=O)[C@@H]32)cc1C. The van der Waals surface area contributed by atoms with Crippen LogP contribution in [-0.4, -0.2) is 23.9 Å². The number of imide groups is 1. The number of hydrogen-bond donors (Lipinski definition) is 0. The molecule has 2 atom stereocenters. The van der Waals surface area contributed by atoms with Gasteiger partial charge in [-0.15, -0.1) is 0 Å². The van der Waals surface area contributed by atoms with Crippen molar-refractivity contribution in [3.63, 3.8) is 0 Å². The van der Waals surface area contributed by atoms with Crippen molar-refractivity contribution < 1.29 is 9.59 Å². The maximum atomic E-state index is 13.2. The maximum absolute atomic E-state index is 13.2. The highest BCUT2D eigenvalue weighted by Gasteiger charge is 2.55. The van der Waals surface area contributed by atoms with Gasteiger partial charge in [0.2, 0.25) is 0 Å². The molecule has 1 aliphatic carbocycles. The minimum Gasteiger partial charge on any atom is -0.271 e. The normalized spacial score (nSPS) is 23.3. The average molecular weight is 360 g/mol. The molecule has 5 rings (SSSR count). The van der Waals surface area contributed by atoms with E-state index < -0.39 is 12.1 Å². The number of carbonyl (C=O) groups is 2. The molecule has 0 radical (unpaired) electrons. The summed E-state index contributed by atoms with van der Waals surface area (Å²) in [5.74, 6) is -0.552. The molecule has 1 fully saturated rings. The number of amides is 2. The van der Waals surface area contributed by atoms with Crippen LogP contribution in [0.4, 0.5) is 11.4 Å². The van der Waals surface area contributed by atoms with Crippen LogP contribution in [0.1, 0.15) is 28.7 Å². The summed E-state index contributed by atoms with van der Waals surface area (Å²) in [4.78, 5) is 27.4. The number of fused-ring (bicyclic) bond motifs is 2. The predicted octanol–water partition coefficient (Wildman–Crippen LogP) is 3.29. The van der Waals surface area contributed by atoms with Gasteiger partial charge in [-0.1, -0.05) is 17.4 Å². The summed E-state index contributed by atoms with van der Waals surface area (Å²) in [5.41, 5.74) is 6.26. The molecule has 0 saturated carbocycles. The van der Waals surface area contributed by atoms with Crippen molar-refractivity contribution in [1.29, 1.82) is 0 Å². The first-order valence-electron chi connectivity index (χ1n) is 9.31. The van der Waals surface area contributed by atoms with Crippen molar-refractivity contribution in [2.45, 2.75) is 45.2 Å². The summed E-state index contributed by atoms with van der Waals surface area (Å²) in [5, 5.41) is 9.85. The van der Waals surface area contributed by atoms with Crippen LogP contribution in [0.25, 0.3) is 0 Å². The van der Waals surface area contributed by atoms with Gasteiger partial charge in [0, 0.05) is 0 Å². The second-order valence-electron chi connectivity index (χ2n) is 7.53. The zero-order valence-electron chi connectivity index (χ0n) is 15.3. The molecular weight excluding hydrogens is 340 g/mol. The third kappa shape index (κ3) is 2.32. The number of nitrogens with zero attached hydrogens (tertiary/aromatic N) is 4. The van der Waals surface area contributed by atoms with Crippen LogP contribution in [0, 0.1) is 13.8 Å². The highest BCUT2D eigenvalue weighted by molar-refractivity contribution is 6.26. The van der Waals surface area contributed by atoms with Gasteiger partial charge in [0.15, 0.2) is 12.1 Å². The molecule has 0 bridgehead atoms. The van der Waals surface area contributed by atoms with Crippen molar-refractivity contribution in [1.82, 2.24) is 0 Å². The number of aryl methyl sites for hydroxylation is 4. The molecule has 0 aromatic heterocycles. The Balaban J connectivity index is 1.50. The number of hydrogen-bond acceptors (Lipinski definition) is 5. The van der Waals surface area contributed by atoms with E-state index in [1.807, 2.05) is 50.2 Å². The molecule has 2 aliphatic heterocycles. The highest BCUT2D eigenvalue weighted by atomic mass is 16.2. The minimum absolute atomic E-state index is 0.258. The molecule has 1 saturated heterocycles. The van der Waals surface area contributed by atoms with Crippen LogP contribution >= 0.6 is 0 Å². The summed E-state index contributed by atoms with van der Waals surface area (Å²) in [7, 11) is 0. The van der Waals surface area contributed by atoms with Gasteiger partial charge in [0.25, 0.3) is 11.8 Å². The molecule has 0 N–H and O–H groups in total. The van der Waals surface area contributed by atoms with Crippen LogP contribution < -0.4 is 9.91 Å². The van der Waals surface area contributed by atoms with Gasteiger partial charge >= 0.3 is 0 Å². The molecule has 136 valence electrons. The van der Waals surface area contributed by atoms with Crippen molar-refractivity contribution in [3.8, 4) is 0 Å². The second kappa shape index (κ2) is 5.74. The molecule has 27 heavy (non-hydrogen) atoms. The lowest BCUT2D eigenvalue weighted by atomic mass is 10.1. The third-order valence-corrected chi connectivity index (χ3v) is 5.88. The Hall–Kier alpha value is -3.02. The van der Waals surface area contributed by atoms with E-state index in [1.54, 1.807) is 5.01 Å². The Morgan fingerprint density at radius 2 is 1.67 bits per heavy atom. The lowest BCUT2D eigenvalue weighted by Crippen LogP contribution is -2.40. The lowest BCUT2D eigenvalue weighted by Gasteiger charge is -2.21. The van der Waals surface area contributed by atoms with Crippen LogP contribution in [0.5, 0.6) is 0 Å². The van der Waals surface area contributed by atoms with Crippen LogP contribution in [0.15, 0.2) is 46.7 Å². The highest BCUT2D eigenvalue weighted by Crippen LogP contribution is 2.36. The first-order chi connectivity index (χ1) is 13.0. The molecule has 3 aliphatic rings. The van der Waals surface area contributed by atoms with Gasteiger partial charge in [-0.25, -0.2) is 9.91 Å². The smallest absolute Gasteiger partial charge is 0.263 e. The Morgan fingerprint density at radius 3 is 2.48 bits per heavy atom. The first kappa shape index (κ1) is 16.2. The fraction of sp³-hybridized carbons (Fsp3) is 0.333. The molecule has 0 spiro atoms. The first-order valence-corrected chi connectivity index (χ1v) is 9.31. The molecule has 6 heteroatoms. The van der Waals surface area contributed by atoms with E-state index >= 15 is 0 Å². The van der Waals surface area contributed by atoms with Gasteiger partial charge < -0.3 is 0 Å². The summed E-state index contributed by atoms with van der Waals surface area (Å²) in [6, 6.07) is 10.3. The van der Waals surface area contributed by atoms with Crippen molar-refractivity contribution in [2.75, 3.05) is 9.91 Å². The largest absolute Gasteiger partial charge is 0.271 e. The maximum Gasteiger partial charge on any atom is 0.263 e. The zero-order valence-corrected chi connectivity index (χ0v) is 15.3. The quantitative estimate of drug-likeness (QED) is 0.772. The van der Waals surface area contributed by atoms with E-state index in [0.717, 1.165) is 30.5 Å². The predicted molar refractivity (Wildman–Crippen MR) is 102 cm³/mol. The monoisotopic (exact) mass is 360 g/mol. The van der Waals surface area contributed by atoms with Crippen LogP contribution in [0.3, 0.4) is 0 Å². The Kier molecular flexibility index (Phi) is 3.44. The third-order valence-electron chi connectivity index (χ3n) is 5.88. The number of benzene rings is 2. The Labute approximate surface area is 157 Å². The molecule has 6 nitrogen and oxygen atoms in total. The summed E-state index contributed by atoms with van der Waals surface area (Å²) in [6.45, 7) is 4.05. The molecule has 0 unspecified atom stereocenters. The fourth-order valence-corrected chi connectivity index (χ4v) is 4.19. The number of anilines is 2. The molecular formula is C21H20N4O2. The van der Waals surface area contributed by atoms with E-state index in [0.29, 0.717) is 5.69 Å². The van der Waals surface area contributed by atoms with Gasteiger partial charge in [-0.3, -0.25) is 9.59 Å². The fourth-order valence-electron chi connectivity index (χ4n) is 4.19. The Morgan fingerprint density at radius 1 is 0.889 bits per heavy atom. The van der Waals surface area contributed by atoms with Crippen LogP contribution in [-0.2, 0) is 22.4 Å². The van der Waals surface area contributed by atoms with Gasteiger partial charge in [-0.2, -0.15) is 5.11 Å². The molecule has 2 amide bonds. The lowest BCUT2D eigenvalue weighted by molar-refractivity contribution is -0.121.